The van der Waals surface area contributed by atoms with Crippen molar-refractivity contribution in [2.45, 2.75) is 13.8 Å². The van der Waals surface area contributed by atoms with E-state index in [1.54, 1.807) is 23.5 Å². The highest BCUT2D eigenvalue weighted by Gasteiger charge is 2.17. The van der Waals surface area contributed by atoms with Crippen molar-refractivity contribution in [3.05, 3.63) is 34.0 Å². The van der Waals surface area contributed by atoms with Crippen LogP contribution in [0.5, 0.6) is 0 Å². The molecule has 1 amide bonds. The number of anilines is 1. The summed E-state index contributed by atoms with van der Waals surface area (Å²) in [5, 5.41) is 11.0. The molecule has 0 atom stereocenters. The van der Waals surface area contributed by atoms with Crippen LogP contribution in [0.4, 0.5) is 6.01 Å². The largest absolute Gasteiger partial charge is 0.459 e. The van der Waals surface area contributed by atoms with Crippen molar-refractivity contribution < 1.29 is 13.6 Å². The van der Waals surface area contributed by atoms with Crippen LogP contribution in [0.3, 0.4) is 0 Å². The molecule has 102 valence electrons. The number of rotatable bonds is 3. The second-order valence-electron chi connectivity index (χ2n) is 3.98. The minimum Gasteiger partial charge on any atom is -0.459 e. The van der Waals surface area contributed by atoms with Gasteiger partial charge >= 0.3 is 6.01 Å². The summed E-state index contributed by atoms with van der Waals surface area (Å²) in [5.74, 6) is 0.00316. The fourth-order valence-electron chi connectivity index (χ4n) is 1.66. The van der Waals surface area contributed by atoms with E-state index in [1.165, 1.54) is 6.26 Å². The van der Waals surface area contributed by atoms with Crippen molar-refractivity contribution in [2.75, 3.05) is 5.32 Å². The Balaban J connectivity index is 1.81. The predicted molar refractivity (Wildman–Crippen MR) is 71.5 cm³/mol. The number of carbonyl (C=O) groups excluding carboxylic acids is 1. The van der Waals surface area contributed by atoms with Gasteiger partial charge in [-0.05, 0) is 26.0 Å². The van der Waals surface area contributed by atoms with Gasteiger partial charge in [0.05, 0.1) is 11.3 Å². The first-order valence-electron chi connectivity index (χ1n) is 5.76. The molecule has 0 spiro atoms. The molecule has 0 bridgehead atoms. The van der Waals surface area contributed by atoms with Crippen LogP contribution >= 0.6 is 11.3 Å². The Labute approximate surface area is 117 Å². The molecular formula is C12H10N4O3S. The standard InChI is InChI=1S/C12H10N4O3S/c1-6-9(13-7(2)20-6)11-15-16-12(19-11)14-10(17)8-4-3-5-18-8/h3-5H,1-2H3,(H,14,16,17). The van der Waals surface area contributed by atoms with Crippen molar-refractivity contribution in [1.29, 1.82) is 0 Å². The number of furan rings is 1. The molecule has 3 heterocycles. The van der Waals surface area contributed by atoms with E-state index in [0.29, 0.717) is 5.69 Å². The number of hydrogen-bond donors (Lipinski definition) is 1. The molecule has 0 saturated heterocycles. The van der Waals surface area contributed by atoms with Gasteiger partial charge in [-0.25, -0.2) is 4.98 Å². The van der Waals surface area contributed by atoms with Gasteiger partial charge in [-0.2, -0.15) is 0 Å². The van der Waals surface area contributed by atoms with Crippen LogP contribution in [0, 0.1) is 13.8 Å². The van der Waals surface area contributed by atoms with Gasteiger partial charge in [-0.1, -0.05) is 5.10 Å². The first kappa shape index (κ1) is 12.5. The minimum absolute atomic E-state index is 0.00598. The molecule has 0 aliphatic rings. The molecule has 0 aliphatic carbocycles. The van der Waals surface area contributed by atoms with Crippen LogP contribution < -0.4 is 5.32 Å². The summed E-state index contributed by atoms with van der Waals surface area (Å²) in [6.07, 6.45) is 1.41. The second-order valence-corrected chi connectivity index (χ2v) is 5.39. The molecule has 8 heteroatoms. The van der Waals surface area contributed by atoms with Gasteiger partial charge in [0.25, 0.3) is 11.8 Å². The SMILES string of the molecule is Cc1nc(-c2nnc(NC(=O)c3ccco3)o2)c(C)s1. The monoisotopic (exact) mass is 290 g/mol. The fraction of sp³-hybridized carbons (Fsp3) is 0.167. The lowest BCUT2D eigenvalue weighted by Crippen LogP contribution is -2.10. The van der Waals surface area contributed by atoms with Crippen molar-refractivity contribution in [2.24, 2.45) is 0 Å². The lowest BCUT2D eigenvalue weighted by Gasteiger charge is -1.95. The highest BCUT2D eigenvalue weighted by molar-refractivity contribution is 7.11. The number of nitrogens with zero attached hydrogens (tertiary/aromatic N) is 3. The first-order valence-corrected chi connectivity index (χ1v) is 6.58. The van der Waals surface area contributed by atoms with E-state index in [4.69, 9.17) is 8.83 Å². The number of hydrogen-bond acceptors (Lipinski definition) is 7. The van der Waals surface area contributed by atoms with E-state index in [2.05, 4.69) is 20.5 Å². The highest BCUT2D eigenvalue weighted by atomic mass is 32.1. The zero-order valence-electron chi connectivity index (χ0n) is 10.7. The molecule has 3 aromatic heterocycles. The average molecular weight is 290 g/mol. The molecule has 0 saturated carbocycles. The predicted octanol–water partition coefficient (Wildman–Crippen LogP) is 2.66. The second kappa shape index (κ2) is 4.89. The van der Waals surface area contributed by atoms with E-state index in [9.17, 15) is 4.79 Å². The normalized spacial score (nSPS) is 10.7. The number of carbonyl (C=O) groups is 1. The van der Waals surface area contributed by atoms with E-state index in [1.807, 2.05) is 13.8 Å². The maximum absolute atomic E-state index is 11.7. The minimum atomic E-state index is -0.448. The third-order valence-corrected chi connectivity index (χ3v) is 3.38. The van der Waals surface area contributed by atoms with Crippen LogP contribution in [-0.2, 0) is 0 Å². The number of aromatic nitrogens is 3. The van der Waals surface area contributed by atoms with E-state index >= 15 is 0 Å². The molecule has 0 unspecified atom stereocenters. The Kier molecular flexibility index (Phi) is 3.07. The van der Waals surface area contributed by atoms with Gasteiger partial charge in [0.2, 0.25) is 0 Å². The molecule has 0 fully saturated rings. The number of thiazole rings is 1. The van der Waals surface area contributed by atoms with Crippen molar-refractivity contribution in [3.63, 3.8) is 0 Å². The fourth-order valence-corrected chi connectivity index (χ4v) is 2.47. The van der Waals surface area contributed by atoms with Gasteiger partial charge in [0.15, 0.2) is 5.76 Å². The van der Waals surface area contributed by atoms with E-state index < -0.39 is 5.91 Å². The van der Waals surface area contributed by atoms with Crippen LogP contribution in [-0.4, -0.2) is 21.1 Å². The Morgan fingerprint density at radius 1 is 1.35 bits per heavy atom. The van der Waals surface area contributed by atoms with E-state index in [-0.39, 0.29) is 17.7 Å². The van der Waals surface area contributed by atoms with Crippen molar-refractivity contribution in [3.8, 4) is 11.6 Å². The molecule has 0 aromatic carbocycles. The van der Waals surface area contributed by atoms with Gasteiger partial charge < -0.3 is 8.83 Å². The van der Waals surface area contributed by atoms with Crippen LogP contribution in [0.1, 0.15) is 20.4 Å². The Hall–Kier alpha value is -2.48. The Morgan fingerprint density at radius 2 is 2.20 bits per heavy atom. The number of nitrogens with one attached hydrogen (secondary N) is 1. The van der Waals surface area contributed by atoms with E-state index in [0.717, 1.165) is 9.88 Å². The molecular weight excluding hydrogens is 280 g/mol. The zero-order chi connectivity index (χ0) is 14.1. The summed E-state index contributed by atoms with van der Waals surface area (Å²) in [4.78, 5) is 17.0. The highest BCUT2D eigenvalue weighted by Crippen LogP contribution is 2.27. The Morgan fingerprint density at radius 3 is 2.85 bits per heavy atom. The molecule has 7 nitrogen and oxygen atoms in total. The lowest BCUT2D eigenvalue weighted by atomic mass is 10.4. The summed E-state index contributed by atoms with van der Waals surface area (Å²) in [5.41, 5.74) is 0.637. The molecule has 0 radical (unpaired) electrons. The van der Waals surface area contributed by atoms with Crippen molar-refractivity contribution in [1.82, 2.24) is 15.2 Å². The van der Waals surface area contributed by atoms with Gasteiger partial charge in [0, 0.05) is 4.88 Å². The summed E-state index contributed by atoms with van der Waals surface area (Å²) in [6.45, 7) is 3.82. The number of amides is 1. The number of aryl methyl sites for hydroxylation is 2. The van der Waals surface area contributed by atoms with Gasteiger partial charge in [-0.3, -0.25) is 10.1 Å². The summed E-state index contributed by atoms with van der Waals surface area (Å²) >= 11 is 1.54. The molecule has 1 N–H and O–H groups in total. The van der Waals surface area contributed by atoms with Crippen molar-refractivity contribution >= 4 is 23.3 Å². The van der Waals surface area contributed by atoms with Crippen LogP contribution in [0.2, 0.25) is 0 Å². The summed E-state index contributed by atoms with van der Waals surface area (Å²) < 4.78 is 10.3. The molecule has 0 aliphatic heterocycles. The van der Waals surface area contributed by atoms with Gasteiger partial charge in [-0.15, -0.1) is 16.4 Å². The average Bonchev–Trinajstić information content (AvgIpc) is 3.10. The third-order valence-electron chi connectivity index (χ3n) is 2.50. The quantitative estimate of drug-likeness (QED) is 0.797. The third kappa shape index (κ3) is 2.32. The topological polar surface area (TPSA) is 94.1 Å². The first-order chi connectivity index (χ1) is 9.63. The molecule has 3 rings (SSSR count). The van der Waals surface area contributed by atoms with Crippen LogP contribution in [0.25, 0.3) is 11.6 Å². The lowest BCUT2D eigenvalue weighted by molar-refractivity contribution is 0.0994. The Bertz CT molecular complexity index is 745. The van der Waals surface area contributed by atoms with Gasteiger partial charge in [0.1, 0.15) is 5.69 Å². The maximum Gasteiger partial charge on any atom is 0.322 e. The maximum atomic E-state index is 11.7. The summed E-state index contributed by atoms with van der Waals surface area (Å²) in [7, 11) is 0. The smallest absolute Gasteiger partial charge is 0.322 e. The van der Waals surface area contributed by atoms with Crippen LogP contribution in [0.15, 0.2) is 27.2 Å². The molecule has 20 heavy (non-hydrogen) atoms. The molecule has 3 aromatic rings. The summed E-state index contributed by atoms with van der Waals surface area (Å²) in [6, 6.07) is 3.17. The zero-order valence-corrected chi connectivity index (χ0v) is 11.5.